The van der Waals surface area contributed by atoms with Crippen molar-refractivity contribution in [1.82, 2.24) is 35.6 Å². The third-order valence-corrected chi connectivity index (χ3v) is 16.3. The van der Waals surface area contributed by atoms with Gasteiger partial charge in [-0.15, -0.1) is 11.3 Å². The Morgan fingerprint density at radius 1 is 1.00 bits per heavy atom. The van der Waals surface area contributed by atoms with Crippen molar-refractivity contribution in [1.29, 1.82) is 5.26 Å². The molecule has 1 unspecified atom stereocenters. The summed E-state index contributed by atoms with van der Waals surface area (Å²) in [6.45, 7) is 7.23. The molecule has 2 saturated heterocycles. The van der Waals surface area contributed by atoms with Crippen LogP contribution in [0.15, 0.2) is 103 Å². The van der Waals surface area contributed by atoms with E-state index in [1.54, 1.807) is 47.7 Å². The van der Waals surface area contributed by atoms with Crippen molar-refractivity contribution < 1.29 is 47.6 Å². The number of nitrogens with zero attached hydrogens (tertiary/aromatic N) is 4. The summed E-state index contributed by atoms with van der Waals surface area (Å²) >= 11 is 1.68. The first-order chi connectivity index (χ1) is 35.2. The van der Waals surface area contributed by atoms with Crippen LogP contribution in [0.25, 0.3) is 16.0 Å². The lowest BCUT2D eigenvalue weighted by Crippen LogP contribution is -2.41. The van der Waals surface area contributed by atoms with Gasteiger partial charge in [0.15, 0.2) is 5.82 Å². The number of carbonyl (C=O) groups excluding carboxylic acids is 2. The molecule has 0 bridgehead atoms. The van der Waals surface area contributed by atoms with Gasteiger partial charge in [0, 0.05) is 27.9 Å². The number of fused-ring (bicyclic) bond motifs is 1. The molecule has 3 aromatic carbocycles. The Kier molecular flexibility index (Phi) is 15.9. The molecule has 73 heavy (non-hydrogen) atoms. The monoisotopic (exact) mass is 1030 g/mol. The van der Waals surface area contributed by atoms with Gasteiger partial charge in [-0.1, -0.05) is 42.5 Å². The summed E-state index contributed by atoms with van der Waals surface area (Å²) in [7, 11) is -4.44. The summed E-state index contributed by atoms with van der Waals surface area (Å²) in [5.41, 5.74) is 7.81. The summed E-state index contributed by atoms with van der Waals surface area (Å²) in [4.78, 5) is 33.3. The van der Waals surface area contributed by atoms with Crippen LogP contribution in [0.2, 0.25) is 0 Å². The van der Waals surface area contributed by atoms with Gasteiger partial charge in [-0.2, -0.15) is 15.4 Å². The molecule has 5 heterocycles. The van der Waals surface area contributed by atoms with E-state index in [-0.39, 0.29) is 41.4 Å². The molecular weight excluding hydrogens is 974 g/mol. The fourth-order valence-corrected chi connectivity index (χ4v) is 11.9. The molecule has 2 aliphatic heterocycles. The van der Waals surface area contributed by atoms with Crippen LogP contribution in [0, 0.1) is 18.3 Å². The third-order valence-electron chi connectivity index (χ3n) is 13.5. The number of aliphatic hydroxyl groups is 2. The summed E-state index contributed by atoms with van der Waals surface area (Å²) in [6, 6.07) is 29.9. The molecule has 9 rings (SSSR count). The number of carbonyl (C=O) groups is 2. The second kappa shape index (κ2) is 22.5. The van der Waals surface area contributed by atoms with Crippen molar-refractivity contribution in [2.45, 2.75) is 114 Å². The number of esters is 1. The van der Waals surface area contributed by atoms with Crippen LogP contribution >= 0.6 is 19.1 Å². The first kappa shape index (κ1) is 51.7. The molecule has 1 amide bonds. The smallest absolute Gasteiger partial charge is 0.459 e. The van der Waals surface area contributed by atoms with E-state index >= 15 is 0 Å². The number of rotatable bonds is 19. The number of nitrogens with one attached hydrogen (secondary N) is 4. The van der Waals surface area contributed by atoms with Gasteiger partial charge in [-0.3, -0.25) is 14.1 Å². The second-order valence-electron chi connectivity index (χ2n) is 18.7. The lowest BCUT2D eigenvalue weighted by atomic mass is 9.92. The third kappa shape index (κ3) is 11.8. The Hall–Kier alpha value is -6.24. The fraction of sp³-hybridized carbons (Fsp3) is 0.404. The highest BCUT2D eigenvalue weighted by Crippen LogP contribution is 2.47. The van der Waals surface area contributed by atoms with E-state index in [1.807, 2.05) is 50.2 Å². The minimum atomic E-state index is -4.44. The molecule has 21 heteroatoms. The number of aryl methyl sites for hydroxylation is 1. The molecule has 384 valence electrons. The predicted molar refractivity (Wildman–Crippen MR) is 272 cm³/mol. The maximum absolute atomic E-state index is 14.4. The Morgan fingerprint density at radius 2 is 1.81 bits per heavy atom. The number of hydrogen-bond acceptors (Lipinski definition) is 17. The van der Waals surface area contributed by atoms with Gasteiger partial charge in [-0.25, -0.2) is 14.1 Å². The zero-order valence-electron chi connectivity index (χ0n) is 40.7. The van der Waals surface area contributed by atoms with E-state index in [4.69, 9.17) is 29.0 Å². The van der Waals surface area contributed by atoms with Crippen LogP contribution in [0.3, 0.4) is 0 Å². The Bertz CT molecular complexity index is 3000. The summed E-state index contributed by atoms with van der Waals surface area (Å²) < 4.78 is 45.5. The SMILES string of the molecule is Cc1ccc(OC2CCNCC2)cc1C(=O)N[C@H](C)c1cccc(-c2ccc(CN[C@H]3CC[C@@H](OC(=O)[C@H](C)NP(=O)(OC[C@H]4O[C@@](C#N)(c5ccc6c(N)ncnn56)[C@H](O)[C@@H]4O)Oc4ccccc4)C3)s2)c1. The number of nitrogens with two attached hydrogens (primary N) is 1. The van der Waals surface area contributed by atoms with E-state index in [0.29, 0.717) is 36.2 Å². The molecule has 9 atom stereocenters. The number of amides is 1. The largest absolute Gasteiger partial charge is 0.490 e. The molecule has 19 nitrogen and oxygen atoms in total. The Balaban J connectivity index is 0.764. The lowest BCUT2D eigenvalue weighted by Gasteiger charge is -2.26. The average Bonchev–Trinajstić information content (AvgIpc) is 4.21. The van der Waals surface area contributed by atoms with Gasteiger partial charge in [-0.05, 0) is 137 Å². The van der Waals surface area contributed by atoms with Crippen molar-refractivity contribution in [2.75, 3.05) is 25.4 Å². The van der Waals surface area contributed by atoms with Crippen molar-refractivity contribution in [3.05, 3.63) is 131 Å². The minimum Gasteiger partial charge on any atom is -0.490 e. The Labute approximate surface area is 426 Å². The zero-order chi connectivity index (χ0) is 51.3. The summed E-state index contributed by atoms with van der Waals surface area (Å²) in [5.74, 6) is 0.165. The van der Waals surface area contributed by atoms with E-state index in [9.17, 15) is 29.6 Å². The molecule has 1 aliphatic carbocycles. The molecule has 0 radical (unpaired) electrons. The van der Waals surface area contributed by atoms with Crippen molar-refractivity contribution in [2.24, 2.45) is 0 Å². The van der Waals surface area contributed by atoms with Crippen LogP contribution in [-0.2, 0) is 35.5 Å². The molecule has 3 fully saturated rings. The molecule has 0 spiro atoms. The summed E-state index contributed by atoms with van der Waals surface area (Å²) in [6.07, 6.45) is -0.0987. The number of aromatic nitrogens is 3. The molecule has 3 aliphatic rings. The Morgan fingerprint density at radius 3 is 2.60 bits per heavy atom. The number of benzene rings is 3. The van der Waals surface area contributed by atoms with Gasteiger partial charge in [0.2, 0.25) is 5.60 Å². The number of para-hydroxylation sites is 1. The molecule has 1 saturated carbocycles. The number of nitriles is 1. The molecular formula is C52H60N9O10PS. The number of ether oxygens (including phenoxy) is 3. The van der Waals surface area contributed by atoms with Crippen molar-refractivity contribution in [3.8, 4) is 28.0 Å². The minimum absolute atomic E-state index is 0.0799. The number of aliphatic hydroxyl groups excluding tert-OH is 2. The first-order valence-electron chi connectivity index (χ1n) is 24.4. The standard InChI is InChI=1S/C52H60N9O10PS/c1-31-12-14-40(68-37-20-22-55-23-21-37)26-42(31)50(64)59-32(2)34-8-7-9-35(24-34)45-18-16-41(73-45)27-56-36-13-15-39(25-36)69-51(65)33(3)60-72(66,71-38-10-5-4-6-11-38)67-28-44-47(62)48(63)52(29-53,70-44)46-19-17-43-49(54)57-30-58-61(43)46/h4-12,14,16-19,24,26,30,32-33,36-37,39,44,47-48,55-56,62-63H,13,15,20-23,25,27-28H2,1-3H3,(H,59,64)(H,60,66)(H2,54,57,58)/t32-,33+,36+,39-,44-,47-,48-,52+,72?/m1/s1. The van der Waals surface area contributed by atoms with Crippen LogP contribution in [-0.4, -0.2) is 99.0 Å². The normalized spacial score (nSPS) is 23.8. The molecule has 3 aromatic heterocycles. The van der Waals surface area contributed by atoms with Crippen molar-refractivity contribution in [3.63, 3.8) is 0 Å². The topological polar surface area (TPSA) is 266 Å². The molecule has 8 N–H and O–H groups in total. The highest BCUT2D eigenvalue weighted by molar-refractivity contribution is 7.52. The van der Waals surface area contributed by atoms with E-state index in [0.717, 1.165) is 58.8 Å². The number of nitrogen functional groups attached to an aromatic ring is 1. The first-order valence-corrected chi connectivity index (χ1v) is 26.8. The number of thiophene rings is 1. The average molecular weight is 1030 g/mol. The molecule has 6 aromatic rings. The quantitative estimate of drug-likeness (QED) is 0.0349. The van der Waals surface area contributed by atoms with Crippen LogP contribution in [0.5, 0.6) is 11.5 Å². The number of piperidine rings is 1. The van der Waals surface area contributed by atoms with Gasteiger partial charge < -0.3 is 50.6 Å². The number of anilines is 1. The van der Waals surface area contributed by atoms with Gasteiger partial charge in [0.05, 0.1) is 18.3 Å². The van der Waals surface area contributed by atoms with Crippen LogP contribution < -0.4 is 36.0 Å². The maximum atomic E-state index is 14.4. The van der Waals surface area contributed by atoms with Gasteiger partial charge in [0.1, 0.15) is 66.0 Å². The lowest BCUT2D eigenvalue weighted by molar-refractivity contribution is -0.150. The van der Waals surface area contributed by atoms with Gasteiger partial charge >= 0.3 is 13.7 Å². The van der Waals surface area contributed by atoms with Gasteiger partial charge in [0.25, 0.3) is 5.91 Å². The maximum Gasteiger partial charge on any atom is 0.459 e. The fourth-order valence-electron chi connectivity index (χ4n) is 9.44. The van der Waals surface area contributed by atoms with Crippen molar-refractivity contribution >= 4 is 42.3 Å². The van der Waals surface area contributed by atoms with E-state index in [1.165, 1.54) is 23.8 Å². The zero-order valence-corrected chi connectivity index (χ0v) is 42.4. The summed E-state index contributed by atoms with van der Waals surface area (Å²) in [5, 5.41) is 49.7. The van der Waals surface area contributed by atoms with E-state index in [2.05, 4.69) is 55.4 Å². The highest BCUT2D eigenvalue weighted by atomic mass is 32.1. The second-order valence-corrected chi connectivity index (χ2v) is 21.6. The van der Waals surface area contributed by atoms with E-state index < -0.39 is 56.4 Å². The van der Waals surface area contributed by atoms with Crippen LogP contribution in [0.4, 0.5) is 5.82 Å². The van der Waals surface area contributed by atoms with Crippen LogP contribution in [0.1, 0.15) is 84.0 Å². The predicted octanol–water partition coefficient (Wildman–Crippen LogP) is 6.25. The highest BCUT2D eigenvalue weighted by Gasteiger charge is 2.58. The number of hydrogen-bond donors (Lipinski definition) is 7.